The number of carbonyl (C=O) groups is 1. The van der Waals surface area contributed by atoms with Crippen LogP contribution in [-0.4, -0.2) is 23.8 Å². The van der Waals surface area contributed by atoms with Gasteiger partial charge in [0.05, 0.1) is 25.5 Å². The van der Waals surface area contributed by atoms with Crippen molar-refractivity contribution in [2.24, 2.45) is 0 Å². The smallest absolute Gasteiger partial charge is 0.142 e. The number of ketones is 1. The number of hydrogen-bond acceptors (Lipinski definition) is 4. The average molecular weight is 223 g/mol. The molecular weight excluding hydrogens is 206 g/mol. The molecule has 0 amide bonds. The lowest BCUT2D eigenvalue weighted by Gasteiger charge is -2.25. The lowest BCUT2D eigenvalue weighted by atomic mass is 10.2. The van der Waals surface area contributed by atoms with E-state index >= 15 is 0 Å². The molecule has 0 fully saturated rings. The zero-order valence-corrected chi connectivity index (χ0v) is 10.6. The standard InChI is InChI=1S/C10H17N3OSi/c1-7(14)10(15(2,3)4)8-5-12-6-9(11)13-8/h5-6,10H,1-4H3,(H2,11,13). The molecule has 1 unspecified atom stereocenters. The maximum atomic E-state index is 11.6. The molecule has 0 aliphatic carbocycles. The van der Waals surface area contributed by atoms with Gasteiger partial charge in [-0.05, 0) is 6.92 Å². The minimum absolute atomic E-state index is 0.117. The van der Waals surface area contributed by atoms with E-state index in [9.17, 15) is 4.79 Å². The Hall–Kier alpha value is -1.23. The van der Waals surface area contributed by atoms with Crippen LogP contribution >= 0.6 is 0 Å². The Morgan fingerprint density at radius 3 is 2.40 bits per heavy atom. The van der Waals surface area contributed by atoms with E-state index in [1.165, 1.54) is 6.20 Å². The summed E-state index contributed by atoms with van der Waals surface area (Å²) in [5, 5.41) is 0. The Morgan fingerprint density at radius 1 is 1.40 bits per heavy atom. The van der Waals surface area contributed by atoms with Crippen molar-refractivity contribution in [2.75, 3.05) is 5.73 Å². The molecule has 2 N–H and O–H groups in total. The Kier molecular flexibility index (Phi) is 3.24. The van der Waals surface area contributed by atoms with Gasteiger partial charge in [-0.2, -0.15) is 0 Å². The largest absolute Gasteiger partial charge is 0.382 e. The van der Waals surface area contributed by atoms with Gasteiger partial charge in [-0.3, -0.25) is 9.78 Å². The summed E-state index contributed by atoms with van der Waals surface area (Å²) in [6, 6.07) is 0. The summed E-state index contributed by atoms with van der Waals surface area (Å²) < 4.78 is 0. The zero-order chi connectivity index (χ0) is 11.6. The molecule has 0 spiro atoms. The van der Waals surface area contributed by atoms with Gasteiger partial charge in [0, 0.05) is 6.20 Å². The molecule has 0 saturated carbocycles. The predicted octanol–water partition coefficient (Wildman–Crippen LogP) is 1.61. The van der Waals surface area contributed by atoms with Gasteiger partial charge in [0.2, 0.25) is 0 Å². The normalized spacial score (nSPS) is 13.6. The first-order valence-corrected chi connectivity index (χ1v) is 8.48. The van der Waals surface area contributed by atoms with Gasteiger partial charge in [-0.25, -0.2) is 4.98 Å². The number of nitrogens with two attached hydrogens (primary N) is 1. The van der Waals surface area contributed by atoms with E-state index in [2.05, 4.69) is 29.6 Å². The van der Waals surface area contributed by atoms with Crippen molar-refractivity contribution in [3.63, 3.8) is 0 Å². The molecule has 1 atom stereocenters. The summed E-state index contributed by atoms with van der Waals surface area (Å²) in [6.45, 7) is 8.03. The van der Waals surface area contributed by atoms with E-state index in [0.29, 0.717) is 11.5 Å². The van der Waals surface area contributed by atoms with Crippen molar-refractivity contribution in [1.82, 2.24) is 9.97 Å². The summed E-state index contributed by atoms with van der Waals surface area (Å²) in [4.78, 5) is 19.8. The molecule has 0 aliphatic rings. The highest BCUT2D eigenvalue weighted by Gasteiger charge is 2.33. The lowest BCUT2D eigenvalue weighted by molar-refractivity contribution is -0.117. The topological polar surface area (TPSA) is 68.9 Å². The van der Waals surface area contributed by atoms with Crippen LogP contribution in [0.4, 0.5) is 5.82 Å². The molecule has 15 heavy (non-hydrogen) atoms. The van der Waals surface area contributed by atoms with E-state index in [4.69, 9.17) is 5.73 Å². The highest BCUT2D eigenvalue weighted by molar-refractivity contribution is 6.80. The third kappa shape index (κ3) is 2.86. The Labute approximate surface area is 90.9 Å². The van der Waals surface area contributed by atoms with Crippen molar-refractivity contribution in [2.45, 2.75) is 32.1 Å². The molecule has 1 aromatic heterocycles. The van der Waals surface area contributed by atoms with Gasteiger partial charge in [-0.1, -0.05) is 19.6 Å². The van der Waals surface area contributed by atoms with Crippen LogP contribution in [0.5, 0.6) is 0 Å². The Bertz CT molecular complexity index is 373. The second-order valence-corrected chi connectivity index (χ2v) is 10.1. The number of rotatable bonds is 3. The Morgan fingerprint density at radius 2 is 2.00 bits per heavy atom. The second kappa shape index (κ2) is 4.10. The fourth-order valence-electron chi connectivity index (χ4n) is 1.80. The molecule has 0 aliphatic heterocycles. The quantitative estimate of drug-likeness (QED) is 0.790. The van der Waals surface area contributed by atoms with Crippen LogP contribution < -0.4 is 5.73 Å². The minimum atomic E-state index is -1.62. The molecule has 82 valence electrons. The zero-order valence-electron chi connectivity index (χ0n) is 9.61. The van der Waals surface area contributed by atoms with E-state index in [1.807, 2.05) is 0 Å². The van der Waals surface area contributed by atoms with Gasteiger partial charge >= 0.3 is 0 Å². The molecular formula is C10H17N3OSi. The molecule has 0 radical (unpaired) electrons. The van der Waals surface area contributed by atoms with Gasteiger partial charge < -0.3 is 5.73 Å². The first-order chi connectivity index (χ1) is 6.82. The highest BCUT2D eigenvalue weighted by atomic mass is 28.3. The maximum absolute atomic E-state index is 11.6. The van der Waals surface area contributed by atoms with Crippen LogP contribution in [0.3, 0.4) is 0 Å². The van der Waals surface area contributed by atoms with Crippen molar-refractivity contribution >= 4 is 19.7 Å². The summed E-state index contributed by atoms with van der Waals surface area (Å²) in [5.74, 6) is 0.520. The summed E-state index contributed by atoms with van der Waals surface area (Å²) >= 11 is 0. The van der Waals surface area contributed by atoms with Crippen LogP contribution in [0.2, 0.25) is 19.6 Å². The minimum Gasteiger partial charge on any atom is -0.382 e. The molecule has 1 rings (SSSR count). The summed E-state index contributed by atoms with van der Waals surface area (Å²) in [5.41, 5.74) is 6.16. The van der Waals surface area contributed by atoms with Gasteiger partial charge in [0.1, 0.15) is 11.6 Å². The molecule has 0 saturated heterocycles. The van der Waals surface area contributed by atoms with Crippen molar-refractivity contribution in [3.05, 3.63) is 18.1 Å². The number of Topliss-reactive ketones (excluding diaryl/α,β-unsaturated/α-hetero) is 1. The first-order valence-electron chi connectivity index (χ1n) is 4.90. The van der Waals surface area contributed by atoms with E-state index in [0.717, 1.165) is 0 Å². The van der Waals surface area contributed by atoms with Gasteiger partial charge in [0.15, 0.2) is 0 Å². The van der Waals surface area contributed by atoms with E-state index < -0.39 is 8.07 Å². The first kappa shape index (κ1) is 11.8. The summed E-state index contributed by atoms with van der Waals surface area (Å²) in [6.07, 6.45) is 3.13. The fourth-order valence-corrected chi connectivity index (χ4v) is 4.04. The van der Waals surface area contributed by atoms with Crippen LogP contribution in [0.1, 0.15) is 18.2 Å². The third-order valence-corrected chi connectivity index (χ3v) is 4.67. The van der Waals surface area contributed by atoms with E-state index in [-0.39, 0.29) is 11.3 Å². The van der Waals surface area contributed by atoms with E-state index in [1.54, 1.807) is 13.1 Å². The molecule has 1 aromatic rings. The molecule has 0 bridgehead atoms. The Balaban J connectivity index is 3.16. The molecule has 4 nitrogen and oxygen atoms in total. The second-order valence-electron chi connectivity index (χ2n) is 4.78. The van der Waals surface area contributed by atoms with Crippen molar-refractivity contribution in [1.29, 1.82) is 0 Å². The summed E-state index contributed by atoms with van der Waals surface area (Å²) in [7, 11) is -1.62. The van der Waals surface area contributed by atoms with Crippen molar-refractivity contribution < 1.29 is 4.79 Å². The number of hydrogen-bond donors (Lipinski definition) is 1. The van der Waals surface area contributed by atoms with Crippen LogP contribution in [0.25, 0.3) is 0 Å². The maximum Gasteiger partial charge on any atom is 0.142 e. The lowest BCUT2D eigenvalue weighted by Crippen LogP contribution is -2.36. The fraction of sp³-hybridized carbons (Fsp3) is 0.500. The van der Waals surface area contributed by atoms with Gasteiger partial charge in [-0.15, -0.1) is 0 Å². The monoisotopic (exact) mass is 223 g/mol. The number of carbonyl (C=O) groups excluding carboxylic acids is 1. The number of nitrogens with zero attached hydrogens (tertiary/aromatic N) is 2. The number of anilines is 1. The van der Waals surface area contributed by atoms with Crippen LogP contribution in [0, 0.1) is 0 Å². The average Bonchev–Trinajstić information content (AvgIpc) is 1.99. The number of nitrogen functional groups attached to an aromatic ring is 1. The molecule has 0 aromatic carbocycles. The predicted molar refractivity (Wildman–Crippen MR) is 63.2 cm³/mol. The molecule has 5 heteroatoms. The van der Waals surface area contributed by atoms with Crippen LogP contribution in [0.15, 0.2) is 12.4 Å². The number of aromatic nitrogens is 2. The molecule has 1 heterocycles. The van der Waals surface area contributed by atoms with Crippen LogP contribution in [-0.2, 0) is 4.79 Å². The highest BCUT2D eigenvalue weighted by Crippen LogP contribution is 2.26. The van der Waals surface area contributed by atoms with Crippen molar-refractivity contribution in [3.8, 4) is 0 Å². The third-order valence-electron chi connectivity index (χ3n) is 2.24. The van der Waals surface area contributed by atoms with Gasteiger partial charge in [0.25, 0.3) is 0 Å². The SMILES string of the molecule is CC(=O)C(c1cncc(N)n1)[Si](C)(C)C.